The number of nitrogens with one attached hydrogen (secondary N) is 1. The Morgan fingerprint density at radius 1 is 1.12 bits per heavy atom. The predicted molar refractivity (Wildman–Crippen MR) is 97.1 cm³/mol. The lowest BCUT2D eigenvalue weighted by atomic mass is 10.1. The second kappa shape index (κ2) is 6.97. The van der Waals surface area contributed by atoms with Crippen LogP contribution in [0.3, 0.4) is 0 Å². The van der Waals surface area contributed by atoms with Gasteiger partial charge in [-0.25, -0.2) is 0 Å². The van der Waals surface area contributed by atoms with Crippen LogP contribution in [0.5, 0.6) is 5.75 Å². The molecule has 0 unspecified atom stereocenters. The summed E-state index contributed by atoms with van der Waals surface area (Å²) in [4.78, 5) is 26.4. The first-order chi connectivity index (χ1) is 12.0. The van der Waals surface area contributed by atoms with Crippen LogP contribution in [-0.4, -0.2) is 31.5 Å². The Kier molecular flexibility index (Phi) is 4.74. The van der Waals surface area contributed by atoms with Crippen LogP contribution in [0.15, 0.2) is 42.5 Å². The smallest absolute Gasteiger partial charge is 0.251 e. The fourth-order valence-electron chi connectivity index (χ4n) is 2.96. The molecule has 0 spiro atoms. The van der Waals surface area contributed by atoms with Crippen molar-refractivity contribution < 1.29 is 14.3 Å². The number of hydrogen-bond acceptors (Lipinski definition) is 3. The number of ether oxygens (including phenoxy) is 1. The monoisotopic (exact) mass is 338 g/mol. The summed E-state index contributed by atoms with van der Waals surface area (Å²) in [5.74, 6) is 0.555. The highest BCUT2D eigenvalue weighted by atomic mass is 16.5. The van der Waals surface area contributed by atoms with Gasteiger partial charge in [0.05, 0.1) is 13.2 Å². The van der Waals surface area contributed by atoms with E-state index in [9.17, 15) is 9.59 Å². The van der Waals surface area contributed by atoms with Crippen molar-refractivity contribution in [3.63, 3.8) is 0 Å². The van der Waals surface area contributed by atoms with Gasteiger partial charge in [0.2, 0.25) is 5.91 Å². The van der Waals surface area contributed by atoms with Gasteiger partial charge >= 0.3 is 0 Å². The van der Waals surface area contributed by atoms with Crippen LogP contribution in [0.25, 0.3) is 0 Å². The van der Waals surface area contributed by atoms with Crippen LogP contribution >= 0.6 is 0 Å². The normalized spacial score (nSPS) is 16.8. The van der Waals surface area contributed by atoms with E-state index in [0.29, 0.717) is 24.3 Å². The summed E-state index contributed by atoms with van der Waals surface area (Å²) in [5, 5.41) is 2.95. The second-order valence-electron chi connectivity index (χ2n) is 6.38. The van der Waals surface area contributed by atoms with E-state index in [1.165, 1.54) is 5.56 Å². The summed E-state index contributed by atoms with van der Waals surface area (Å²) in [6.07, 6.45) is 0.314. The summed E-state index contributed by atoms with van der Waals surface area (Å²) in [6.45, 7) is 4.56. The number of nitrogens with zero attached hydrogens (tertiary/aromatic N) is 1. The van der Waals surface area contributed by atoms with Gasteiger partial charge in [-0.1, -0.05) is 6.07 Å². The molecule has 1 heterocycles. The summed E-state index contributed by atoms with van der Waals surface area (Å²) in [6, 6.07) is 12.7. The number of amides is 2. The molecule has 0 aliphatic carbocycles. The summed E-state index contributed by atoms with van der Waals surface area (Å²) in [7, 11) is 1.58. The molecule has 0 radical (unpaired) electrons. The molecule has 2 aromatic carbocycles. The zero-order valence-corrected chi connectivity index (χ0v) is 14.7. The Bertz CT molecular complexity index is 799. The average molecular weight is 338 g/mol. The standard InChI is InChI=1S/C20H22N2O3/c1-13-4-7-17(10-14(13)2)22-12-16(11-19(22)23)21-20(24)15-5-8-18(25-3)9-6-15/h4-10,16H,11-12H2,1-3H3,(H,21,24)/t16-/m1/s1. The maximum Gasteiger partial charge on any atom is 0.251 e. The third-order valence-corrected chi connectivity index (χ3v) is 4.61. The molecule has 1 saturated heterocycles. The first-order valence-corrected chi connectivity index (χ1v) is 8.30. The highest BCUT2D eigenvalue weighted by molar-refractivity contribution is 5.99. The zero-order chi connectivity index (χ0) is 18.0. The van der Waals surface area contributed by atoms with Gasteiger partial charge < -0.3 is 15.0 Å². The number of aryl methyl sites for hydroxylation is 2. The van der Waals surface area contributed by atoms with E-state index in [0.717, 1.165) is 11.3 Å². The van der Waals surface area contributed by atoms with E-state index in [-0.39, 0.29) is 17.9 Å². The minimum Gasteiger partial charge on any atom is -0.497 e. The molecular formula is C20H22N2O3. The SMILES string of the molecule is COc1ccc(C(=O)N[C@@H]2CC(=O)N(c3ccc(C)c(C)c3)C2)cc1. The van der Waals surface area contributed by atoms with Gasteiger partial charge in [0.1, 0.15) is 5.75 Å². The molecule has 5 nitrogen and oxygen atoms in total. The lowest BCUT2D eigenvalue weighted by Crippen LogP contribution is -2.37. The van der Waals surface area contributed by atoms with Crippen LogP contribution in [0.1, 0.15) is 27.9 Å². The van der Waals surface area contributed by atoms with Crippen molar-refractivity contribution >= 4 is 17.5 Å². The van der Waals surface area contributed by atoms with Crippen molar-refractivity contribution in [2.24, 2.45) is 0 Å². The molecule has 0 saturated carbocycles. The van der Waals surface area contributed by atoms with Gasteiger partial charge in [0.25, 0.3) is 5.91 Å². The third kappa shape index (κ3) is 3.65. The minimum atomic E-state index is -0.191. The van der Waals surface area contributed by atoms with E-state index in [2.05, 4.69) is 5.32 Å². The van der Waals surface area contributed by atoms with Crippen LogP contribution in [0.2, 0.25) is 0 Å². The lowest BCUT2D eigenvalue weighted by molar-refractivity contribution is -0.117. The van der Waals surface area contributed by atoms with Crippen LogP contribution in [0.4, 0.5) is 5.69 Å². The molecule has 25 heavy (non-hydrogen) atoms. The lowest BCUT2D eigenvalue weighted by Gasteiger charge is -2.18. The number of benzene rings is 2. The van der Waals surface area contributed by atoms with Crippen molar-refractivity contribution in [2.75, 3.05) is 18.6 Å². The number of anilines is 1. The first kappa shape index (κ1) is 17.0. The van der Waals surface area contributed by atoms with Crippen molar-refractivity contribution in [1.29, 1.82) is 0 Å². The molecule has 1 atom stereocenters. The van der Waals surface area contributed by atoms with E-state index in [1.807, 2.05) is 32.0 Å². The van der Waals surface area contributed by atoms with Crippen LogP contribution in [-0.2, 0) is 4.79 Å². The topological polar surface area (TPSA) is 58.6 Å². The van der Waals surface area contributed by atoms with E-state index in [4.69, 9.17) is 4.74 Å². The average Bonchev–Trinajstić information content (AvgIpc) is 2.97. The summed E-state index contributed by atoms with van der Waals surface area (Å²) >= 11 is 0. The Labute approximate surface area is 147 Å². The van der Waals surface area contributed by atoms with Crippen LogP contribution in [0, 0.1) is 13.8 Å². The summed E-state index contributed by atoms with van der Waals surface area (Å²) in [5.41, 5.74) is 3.78. The molecule has 2 amide bonds. The highest BCUT2D eigenvalue weighted by Gasteiger charge is 2.31. The zero-order valence-electron chi connectivity index (χ0n) is 14.7. The van der Waals surface area contributed by atoms with Crippen molar-refractivity contribution in [3.05, 3.63) is 59.2 Å². The first-order valence-electron chi connectivity index (χ1n) is 8.30. The Hall–Kier alpha value is -2.82. The van der Waals surface area contributed by atoms with E-state index >= 15 is 0 Å². The Morgan fingerprint density at radius 3 is 2.48 bits per heavy atom. The number of methoxy groups -OCH3 is 1. The molecule has 0 bridgehead atoms. The number of carbonyl (C=O) groups is 2. The van der Waals surface area contributed by atoms with Gasteiger partial charge in [0.15, 0.2) is 0 Å². The predicted octanol–water partition coefficient (Wildman–Crippen LogP) is 2.85. The molecule has 1 aliphatic rings. The molecule has 2 aromatic rings. The molecule has 3 rings (SSSR count). The molecule has 0 aromatic heterocycles. The second-order valence-corrected chi connectivity index (χ2v) is 6.38. The van der Waals surface area contributed by atoms with Gasteiger partial charge in [-0.3, -0.25) is 9.59 Å². The Balaban J connectivity index is 1.67. The van der Waals surface area contributed by atoms with Gasteiger partial charge in [0, 0.05) is 24.2 Å². The molecule has 1 N–H and O–H groups in total. The maximum atomic E-state index is 12.4. The largest absolute Gasteiger partial charge is 0.497 e. The minimum absolute atomic E-state index is 0.0308. The number of carbonyl (C=O) groups excluding carboxylic acids is 2. The fraction of sp³-hybridized carbons (Fsp3) is 0.300. The molecule has 130 valence electrons. The number of rotatable bonds is 4. The van der Waals surface area contributed by atoms with Gasteiger partial charge in [-0.05, 0) is 61.4 Å². The summed E-state index contributed by atoms with van der Waals surface area (Å²) < 4.78 is 5.09. The molecule has 5 heteroatoms. The highest BCUT2D eigenvalue weighted by Crippen LogP contribution is 2.24. The van der Waals surface area contributed by atoms with E-state index in [1.54, 1.807) is 36.3 Å². The quantitative estimate of drug-likeness (QED) is 0.932. The third-order valence-electron chi connectivity index (χ3n) is 4.61. The van der Waals surface area contributed by atoms with Crippen LogP contribution < -0.4 is 15.0 Å². The Morgan fingerprint density at radius 2 is 1.84 bits per heavy atom. The van der Waals surface area contributed by atoms with Gasteiger partial charge in [-0.2, -0.15) is 0 Å². The van der Waals surface area contributed by atoms with Crippen molar-refractivity contribution in [3.8, 4) is 5.75 Å². The van der Waals surface area contributed by atoms with Crippen molar-refractivity contribution in [2.45, 2.75) is 26.3 Å². The van der Waals surface area contributed by atoms with E-state index < -0.39 is 0 Å². The maximum absolute atomic E-state index is 12.4. The molecule has 1 fully saturated rings. The fourth-order valence-corrected chi connectivity index (χ4v) is 2.96. The number of hydrogen-bond donors (Lipinski definition) is 1. The van der Waals surface area contributed by atoms with Crippen molar-refractivity contribution in [1.82, 2.24) is 5.32 Å². The van der Waals surface area contributed by atoms with Gasteiger partial charge in [-0.15, -0.1) is 0 Å². The molecular weight excluding hydrogens is 316 g/mol. The molecule has 1 aliphatic heterocycles.